The third kappa shape index (κ3) is 3.55. The highest BCUT2D eigenvalue weighted by Crippen LogP contribution is 2.24. The smallest absolute Gasteiger partial charge is 0.193 e. The zero-order valence-corrected chi connectivity index (χ0v) is 16.0. The van der Waals surface area contributed by atoms with Crippen LogP contribution in [0.25, 0.3) is 0 Å². The molecule has 0 unspecified atom stereocenters. The summed E-state index contributed by atoms with van der Waals surface area (Å²) in [7, 11) is 0. The van der Waals surface area contributed by atoms with Crippen LogP contribution in [0.4, 0.5) is 5.69 Å². The summed E-state index contributed by atoms with van der Waals surface area (Å²) in [5.41, 5.74) is 9.92. The van der Waals surface area contributed by atoms with Crippen molar-refractivity contribution in [2.75, 3.05) is 5.32 Å². The maximum Gasteiger partial charge on any atom is 0.193 e. The summed E-state index contributed by atoms with van der Waals surface area (Å²) in [4.78, 5) is 4.42. The third-order valence-electron chi connectivity index (χ3n) is 4.70. The van der Waals surface area contributed by atoms with Crippen molar-refractivity contribution in [3.8, 4) is 0 Å². The number of anilines is 1. The number of nitrogens with zero attached hydrogens (tertiary/aromatic N) is 4. The summed E-state index contributed by atoms with van der Waals surface area (Å²) in [6, 6.07) is 6.45. The maximum absolute atomic E-state index is 6.03. The number of aryl methyl sites for hydroxylation is 3. The molecular weight excluding hydrogens is 415 g/mol. The number of fused-ring (bicyclic) bond motifs is 2. The van der Waals surface area contributed by atoms with Crippen LogP contribution < -0.4 is 11.1 Å². The number of rotatable bonds is 3. The van der Waals surface area contributed by atoms with Crippen LogP contribution in [0.3, 0.4) is 0 Å². The molecule has 128 valence electrons. The van der Waals surface area contributed by atoms with Crippen LogP contribution in [0, 0.1) is 0 Å². The second-order valence-electron chi connectivity index (χ2n) is 6.30. The molecule has 1 aliphatic carbocycles. The van der Waals surface area contributed by atoms with Gasteiger partial charge in [0.2, 0.25) is 0 Å². The minimum atomic E-state index is 0. The summed E-state index contributed by atoms with van der Waals surface area (Å²) >= 11 is 0. The van der Waals surface area contributed by atoms with E-state index < -0.39 is 0 Å². The largest absolute Gasteiger partial charge is 0.370 e. The Hall–Kier alpha value is -1.64. The average molecular weight is 438 g/mol. The Morgan fingerprint density at radius 1 is 1.12 bits per heavy atom. The molecule has 0 atom stereocenters. The number of aliphatic imine (C=N–C) groups is 1. The number of hydrogen-bond acceptors (Lipinski definition) is 3. The zero-order valence-electron chi connectivity index (χ0n) is 13.7. The lowest BCUT2D eigenvalue weighted by Crippen LogP contribution is -2.23. The summed E-state index contributed by atoms with van der Waals surface area (Å²) in [6.45, 7) is 1.46. The lowest BCUT2D eigenvalue weighted by atomic mass is 10.1. The fourth-order valence-corrected chi connectivity index (χ4v) is 3.48. The minimum absolute atomic E-state index is 0. The summed E-state index contributed by atoms with van der Waals surface area (Å²) < 4.78 is 2.18. The van der Waals surface area contributed by atoms with Gasteiger partial charge in [-0.25, -0.2) is 4.99 Å². The van der Waals surface area contributed by atoms with Gasteiger partial charge in [-0.05, 0) is 55.4 Å². The van der Waals surface area contributed by atoms with E-state index >= 15 is 0 Å². The topological polar surface area (TPSA) is 81.1 Å². The van der Waals surface area contributed by atoms with E-state index in [2.05, 4.69) is 43.3 Å². The van der Waals surface area contributed by atoms with Gasteiger partial charge in [-0.1, -0.05) is 6.07 Å². The Morgan fingerprint density at radius 3 is 2.92 bits per heavy atom. The van der Waals surface area contributed by atoms with E-state index in [4.69, 9.17) is 5.73 Å². The highest BCUT2D eigenvalue weighted by Gasteiger charge is 2.15. The van der Waals surface area contributed by atoms with Crippen LogP contribution in [-0.2, 0) is 32.4 Å². The van der Waals surface area contributed by atoms with Gasteiger partial charge in [0.25, 0.3) is 0 Å². The van der Waals surface area contributed by atoms with Gasteiger partial charge in [0.15, 0.2) is 11.8 Å². The molecule has 1 aliphatic heterocycles. The first-order valence-electron chi connectivity index (χ1n) is 8.39. The van der Waals surface area contributed by atoms with E-state index in [1.165, 1.54) is 36.8 Å². The van der Waals surface area contributed by atoms with Crippen molar-refractivity contribution < 1.29 is 0 Å². The molecule has 1 aromatic heterocycles. The predicted molar refractivity (Wildman–Crippen MR) is 106 cm³/mol. The normalized spacial score (nSPS) is 16.2. The Morgan fingerprint density at radius 2 is 2.00 bits per heavy atom. The van der Waals surface area contributed by atoms with E-state index in [0.29, 0.717) is 12.5 Å². The van der Waals surface area contributed by atoms with Crippen LogP contribution in [0.5, 0.6) is 0 Å². The Bertz CT molecular complexity index is 752. The Balaban J connectivity index is 0.00000169. The Kier molecular flexibility index (Phi) is 5.37. The van der Waals surface area contributed by atoms with E-state index in [-0.39, 0.29) is 24.0 Å². The van der Waals surface area contributed by atoms with Crippen molar-refractivity contribution in [1.29, 1.82) is 0 Å². The summed E-state index contributed by atoms with van der Waals surface area (Å²) in [5.74, 6) is 2.40. The lowest BCUT2D eigenvalue weighted by Gasteiger charge is -2.14. The van der Waals surface area contributed by atoms with E-state index in [9.17, 15) is 0 Å². The van der Waals surface area contributed by atoms with Gasteiger partial charge in [-0.2, -0.15) is 0 Å². The standard InChI is InChI=1S/C17H22N6.HI/c18-17(20-14-8-7-12-4-3-5-13(12)10-14)19-11-16-22-21-15-6-1-2-9-23(15)16;/h7-8,10H,1-6,9,11H2,(H3,18,19,20);1H. The van der Waals surface area contributed by atoms with Gasteiger partial charge in [-0.3, -0.25) is 0 Å². The van der Waals surface area contributed by atoms with Crippen molar-refractivity contribution in [2.24, 2.45) is 10.7 Å². The molecule has 0 amide bonds. The van der Waals surface area contributed by atoms with E-state index in [1.54, 1.807) is 0 Å². The molecule has 0 saturated heterocycles. The van der Waals surface area contributed by atoms with E-state index in [0.717, 1.165) is 36.7 Å². The number of nitrogens with one attached hydrogen (secondary N) is 1. The average Bonchev–Trinajstić information content (AvgIpc) is 3.19. The first kappa shape index (κ1) is 17.2. The highest BCUT2D eigenvalue weighted by atomic mass is 127. The zero-order chi connectivity index (χ0) is 15.6. The number of aromatic nitrogens is 3. The van der Waals surface area contributed by atoms with Gasteiger partial charge in [-0.15, -0.1) is 34.2 Å². The first-order valence-corrected chi connectivity index (χ1v) is 8.39. The molecule has 0 radical (unpaired) electrons. The van der Waals surface area contributed by atoms with Crippen molar-refractivity contribution >= 4 is 35.6 Å². The van der Waals surface area contributed by atoms with Crippen molar-refractivity contribution in [3.63, 3.8) is 0 Å². The maximum atomic E-state index is 6.03. The summed E-state index contributed by atoms with van der Waals surface area (Å²) in [6.07, 6.45) is 7.00. The molecule has 6 nitrogen and oxygen atoms in total. The minimum Gasteiger partial charge on any atom is -0.370 e. The molecule has 0 saturated carbocycles. The van der Waals surface area contributed by atoms with Gasteiger partial charge < -0.3 is 15.6 Å². The molecular formula is C17H23IN6. The molecule has 2 aromatic rings. The number of hydrogen-bond donors (Lipinski definition) is 2. The lowest BCUT2D eigenvalue weighted by molar-refractivity contribution is 0.508. The first-order chi connectivity index (χ1) is 11.3. The fourth-order valence-electron chi connectivity index (χ4n) is 3.48. The molecule has 1 aromatic carbocycles. The SMILES string of the molecule is I.NC(=NCc1nnc2n1CCCC2)Nc1ccc2c(c1)CCC2. The molecule has 2 heterocycles. The van der Waals surface area contributed by atoms with Crippen molar-refractivity contribution in [2.45, 2.75) is 51.6 Å². The quantitative estimate of drug-likeness (QED) is 0.439. The molecule has 0 spiro atoms. The molecule has 4 rings (SSSR count). The molecule has 0 fully saturated rings. The number of halogens is 1. The summed E-state index contributed by atoms with van der Waals surface area (Å²) in [5, 5.41) is 11.7. The van der Waals surface area contributed by atoms with Gasteiger partial charge in [0.05, 0.1) is 0 Å². The van der Waals surface area contributed by atoms with Crippen LogP contribution in [0.15, 0.2) is 23.2 Å². The van der Waals surface area contributed by atoms with Crippen LogP contribution in [0.2, 0.25) is 0 Å². The van der Waals surface area contributed by atoms with Gasteiger partial charge in [0, 0.05) is 18.7 Å². The third-order valence-corrected chi connectivity index (χ3v) is 4.70. The Labute approximate surface area is 159 Å². The van der Waals surface area contributed by atoms with Crippen LogP contribution in [-0.4, -0.2) is 20.7 Å². The molecule has 7 heteroatoms. The van der Waals surface area contributed by atoms with Crippen molar-refractivity contribution in [1.82, 2.24) is 14.8 Å². The van der Waals surface area contributed by atoms with E-state index in [1.807, 2.05) is 0 Å². The van der Waals surface area contributed by atoms with Gasteiger partial charge in [0.1, 0.15) is 12.4 Å². The van der Waals surface area contributed by atoms with Crippen LogP contribution in [0.1, 0.15) is 42.0 Å². The fraction of sp³-hybridized carbons (Fsp3) is 0.471. The van der Waals surface area contributed by atoms with Crippen molar-refractivity contribution in [3.05, 3.63) is 41.0 Å². The number of guanidine groups is 1. The van der Waals surface area contributed by atoms with Crippen LogP contribution >= 0.6 is 24.0 Å². The second kappa shape index (κ2) is 7.50. The predicted octanol–water partition coefficient (Wildman–Crippen LogP) is 2.65. The highest BCUT2D eigenvalue weighted by molar-refractivity contribution is 14.0. The monoisotopic (exact) mass is 438 g/mol. The molecule has 2 aliphatic rings. The number of benzene rings is 1. The number of nitrogens with two attached hydrogens (primary N) is 1. The molecule has 24 heavy (non-hydrogen) atoms. The molecule has 3 N–H and O–H groups in total. The second-order valence-corrected chi connectivity index (χ2v) is 6.30. The van der Waals surface area contributed by atoms with Gasteiger partial charge >= 0.3 is 0 Å². The molecule has 0 bridgehead atoms.